The Labute approximate surface area is 154 Å². The smallest absolute Gasteiger partial charge is 0.254 e. The van der Waals surface area contributed by atoms with Gasteiger partial charge in [0.15, 0.2) is 0 Å². The third kappa shape index (κ3) is 4.50. The van der Waals surface area contributed by atoms with Crippen molar-refractivity contribution in [2.75, 3.05) is 26.2 Å². The monoisotopic (exact) mass is 364 g/mol. The molecule has 0 unspecified atom stereocenters. The number of piperazine rings is 1. The van der Waals surface area contributed by atoms with Crippen LogP contribution in [0, 0.1) is 6.92 Å². The van der Waals surface area contributed by atoms with Gasteiger partial charge in [-0.3, -0.25) is 9.69 Å². The van der Waals surface area contributed by atoms with Crippen LogP contribution in [0.5, 0.6) is 0 Å². The number of halogens is 2. The van der Waals surface area contributed by atoms with E-state index in [-0.39, 0.29) is 18.3 Å². The Morgan fingerprint density at radius 1 is 1.04 bits per heavy atom. The Kier molecular flexibility index (Phi) is 6.67. The molecule has 1 heterocycles. The molecule has 0 spiro atoms. The van der Waals surface area contributed by atoms with Gasteiger partial charge in [-0.1, -0.05) is 41.9 Å². The number of amides is 1. The van der Waals surface area contributed by atoms with E-state index >= 15 is 0 Å². The van der Waals surface area contributed by atoms with Crippen molar-refractivity contribution >= 4 is 29.9 Å². The van der Waals surface area contributed by atoms with Crippen LogP contribution in [0.1, 0.15) is 21.5 Å². The van der Waals surface area contributed by atoms with E-state index in [0.29, 0.717) is 0 Å². The molecule has 0 saturated carbocycles. The van der Waals surface area contributed by atoms with Crippen LogP contribution in [0.25, 0.3) is 0 Å². The number of carbonyl (C=O) groups is 1. The highest BCUT2D eigenvalue weighted by Gasteiger charge is 2.22. The number of carbonyl (C=O) groups excluding carboxylic acids is 1. The minimum atomic E-state index is 0. The van der Waals surface area contributed by atoms with E-state index in [1.165, 1.54) is 5.56 Å². The van der Waals surface area contributed by atoms with Gasteiger partial charge < -0.3 is 4.90 Å². The lowest BCUT2D eigenvalue weighted by atomic mass is 10.1. The second-order valence-corrected chi connectivity index (χ2v) is 6.45. The fourth-order valence-electron chi connectivity index (χ4n) is 2.99. The molecule has 128 valence electrons. The lowest BCUT2D eigenvalue weighted by Gasteiger charge is -2.35. The molecule has 0 aliphatic carbocycles. The molecule has 1 saturated heterocycles. The first kappa shape index (κ1) is 18.8. The molecular weight excluding hydrogens is 343 g/mol. The molecule has 0 bridgehead atoms. The van der Waals surface area contributed by atoms with Crippen molar-refractivity contribution in [1.29, 1.82) is 0 Å². The maximum atomic E-state index is 12.6. The summed E-state index contributed by atoms with van der Waals surface area (Å²) in [7, 11) is 0. The Bertz CT molecular complexity index is 697. The van der Waals surface area contributed by atoms with Crippen LogP contribution in [0.4, 0.5) is 0 Å². The molecule has 1 aliphatic heterocycles. The molecule has 3 rings (SSSR count). The van der Waals surface area contributed by atoms with Crippen molar-refractivity contribution in [1.82, 2.24) is 9.80 Å². The Hall–Kier alpha value is -1.55. The van der Waals surface area contributed by atoms with Crippen LogP contribution in [-0.4, -0.2) is 41.9 Å². The highest BCUT2D eigenvalue weighted by molar-refractivity contribution is 6.30. The summed E-state index contributed by atoms with van der Waals surface area (Å²) in [5.74, 6) is 0.144. The standard InChI is InChI=1S/C19H21ClN2O.ClH/c1-15-5-2-3-8-18(15)19(23)22-11-9-21(10-12-22)14-16-6-4-7-17(20)13-16;/h2-8,13H,9-12,14H2,1H3;1H. The van der Waals surface area contributed by atoms with Gasteiger partial charge >= 0.3 is 0 Å². The molecule has 0 aromatic heterocycles. The number of nitrogens with zero attached hydrogens (tertiary/aromatic N) is 2. The molecule has 1 amide bonds. The van der Waals surface area contributed by atoms with E-state index in [1.54, 1.807) is 0 Å². The van der Waals surface area contributed by atoms with Crippen molar-refractivity contribution < 1.29 is 4.79 Å². The van der Waals surface area contributed by atoms with Gasteiger partial charge in [0.05, 0.1) is 0 Å². The van der Waals surface area contributed by atoms with E-state index in [4.69, 9.17) is 11.6 Å². The average molecular weight is 365 g/mol. The SMILES string of the molecule is Cc1ccccc1C(=O)N1CCN(Cc2cccc(Cl)c2)CC1.Cl. The number of hydrogen-bond acceptors (Lipinski definition) is 2. The van der Waals surface area contributed by atoms with Crippen molar-refractivity contribution in [3.8, 4) is 0 Å². The van der Waals surface area contributed by atoms with Gasteiger partial charge in [-0.25, -0.2) is 0 Å². The maximum Gasteiger partial charge on any atom is 0.254 e. The number of hydrogen-bond donors (Lipinski definition) is 0. The van der Waals surface area contributed by atoms with Crippen LogP contribution in [0.15, 0.2) is 48.5 Å². The van der Waals surface area contributed by atoms with Crippen LogP contribution in [0.2, 0.25) is 5.02 Å². The fourth-order valence-corrected chi connectivity index (χ4v) is 3.20. The summed E-state index contributed by atoms with van der Waals surface area (Å²) in [6, 6.07) is 15.8. The molecule has 5 heteroatoms. The molecule has 3 nitrogen and oxygen atoms in total. The normalized spacial score (nSPS) is 15.0. The molecule has 24 heavy (non-hydrogen) atoms. The molecule has 2 aromatic rings. The summed E-state index contributed by atoms with van der Waals surface area (Å²) in [6.07, 6.45) is 0. The Balaban J connectivity index is 0.00000208. The van der Waals surface area contributed by atoms with Crippen LogP contribution in [0.3, 0.4) is 0 Å². The van der Waals surface area contributed by atoms with E-state index < -0.39 is 0 Å². The first-order valence-electron chi connectivity index (χ1n) is 7.95. The maximum absolute atomic E-state index is 12.6. The fraction of sp³-hybridized carbons (Fsp3) is 0.316. The molecule has 2 aromatic carbocycles. The van der Waals surface area contributed by atoms with Gasteiger partial charge in [0.2, 0.25) is 0 Å². The lowest BCUT2D eigenvalue weighted by Crippen LogP contribution is -2.48. The van der Waals surface area contributed by atoms with Gasteiger partial charge in [-0.2, -0.15) is 0 Å². The van der Waals surface area contributed by atoms with Gasteiger partial charge in [-0.15, -0.1) is 12.4 Å². The Morgan fingerprint density at radius 3 is 2.42 bits per heavy atom. The second kappa shape index (κ2) is 8.52. The van der Waals surface area contributed by atoms with E-state index in [0.717, 1.165) is 48.9 Å². The lowest BCUT2D eigenvalue weighted by molar-refractivity contribution is 0.0628. The first-order valence-corrected chi connectivity index (χ1v) is 8.33. The second-order valence-electron chi connectivity index (χ2n) is 6.01. The van der Waals surface area contributed by atoms with E-state index in [2.05, 4.69) is 11.0 Å². The average Bonchev–Trinajstić information content (AvgIpc) is 2.55. The van der Waals surface area contributed by atoms with Crippen LogP contribution >= 0.6 is 24.0 Å². The molecule has 1 aliphatic rings. The van der Waals surface area contributed by atoms with E-state index in [1.807, 2.05) is 54.3 Å². The zero-order valence-electron chi connectivity index (χ0n) is 13.7. The molecular formula is C19H22Cl2N2O. The minimum Gasteiger partial charge on any atom is -0.336 e. The third-order valence-electron chi connectivity index (χ3n) is 4.33. The first-order chi connectivity index (χ1) is 11.1. The minimum absolute atomic E-state index is 0. The van der Waals surface area contributed by atoms with Crippen molar-refractivity contribution in [3.05, 3.63) is 70.2 Å². The quantitative estimate of drug-likeness (QED) is 0.820. The summed E-state index contributed by atoms with van der Waals surface area (Å²) in [5.41, 5.74) is 3.07. The van der Waals surface area contributed by atoms with Crippen molar-refractivity contribution in [2.45, 2.75) is 13.5 Å². The van der Waals surface area contributed by atoms with Crippen LogP contribution in [-0.2, 0) is 6.54 Å². The molecule has 0 N–H and O–H groups in total. The highest BCUT2D eigenvalue weighted by atomic mass is 35.5. The zero-order chi connectivity index (χ0) is 16.2. The largest absolute Gasteiger partial charge is 0.336 e. The molecule has 0 atom stereocenters. The summed E-state index contributed by atoms with van der Waals surface area (Å²) in [6.45, 7) is 6.20. The van der Waals surface area contributed by atoms with Gasteiger partial charge in [0.1, 0.15) is 0 Å². The summed E-state index contributed by atoms with van der Waals surface area (Å²) >= 11 is 6.04. The zero-order valence-corrected chi connectivity index (χ0v) is 15.3. The summed E-state index contributed by atoms with van der Waals surface area (Å²) < 4.78 is 0. The molecule has 1 fully saturated rings. The third-order valence-corrected chi connectivity index (χ3v) is 4.57. The van der Waals surface area contributed by atoms with Gasteiger partial charge in [-0.05, 0) is 36.2 Å². The van der Waals surface area contributed by atoms with Gasteiger partial charge in [0.25, 0.3) is 5.91 Å². The van der Waals surface area contributed by atoms with Crippen molar-refractivity contribution in [2.24, 2.45) is 0 Å². The number of benzene rings is 2. The number of rotatable bonds is 3. The van der Waals surface area contributed by atoms with Crippen molar-refractivity contribution in [3.63, 3.8) is 0 Å². The van der Waals surface area contributed by atoms with Gasteiger partial charge in [0, 0.05) is 43.3 Å². The van der Waals surface area contributed by atoms with E-state index in [9.17, 15) is 4.79 Å². The predicted molar refractivity (Wildman–Crippen MR) is 101 cm³/mol. The Morgan fingerprint density at radius 2 is 1.75 bits per heavy atom. The topological polar surface area (TPSA) is 23.6 Å². The number of aryl methyl sites for hydroxylation is 1. The molecule has 0 radical (unpaired) electrons. The summed E-state index contributed by atoms with van der Waals surface area (Å²) in [5, 5.41) is 0.774. The predicted octanol–water partition coefficient (Wildman–Crippen LogP) is 4.03. The highest BCUT2D eigenvalue weighted by Crippen LogP contribution is 2.16. The van der Waals surface area contributed by atoms with Crippen LogP contribution < -0.4 is 0 Å². The summed E-state index contributed by atoms with van der Waals surface area (Å²) in [4.78, 5) is 16.9.